The molecule has 0 aromatic rings. The Morgan fingerprint density at radius 2 is 2.00 bits per heavy atom. The molecule has 0 radical (unpaired) electrons. The molecule has 98 valence electrons. The van der Waals surface area contributed by atoms with Crippen LogP contribution in [0.4, 0.5) is 0 Å². The lowest BCUT2D eigenvalue weighted by Gasteiger charge is -2.23. The van der Waals surface area contributed by atoms with E-state index in [2.05, 4.69) is 19.2 Å². The molecule has 0 saturated carbocycles. The smallest absolute Gasteiger partial charge is 0.236 e. The Hall–Kier alpha value is 0.420. The Morgan fingerprint density at radius 1 is 1.44 bits per heavy atom. The summed E-state index contributed by atoms with van der Waals surface area (Å²) in [5.74, 6) is 0.895. The molecule has 6 heteroatoms. The zero-order valence-electron chi connectivity index (χ0n) is 10.4. The maximum atomic E-state index is 11.6. The predicted molar refractivity (Wildman–Crippen MR) is 78.8 cm³/mol. The third-order valence-electron chi connectivity index (χ3n) is 2.21. The molecule has 3 N–H and O–H groups in total. The summed E-state index contributed by atoms with van der Waals surface area (Å²) in [5, 5.41) is 2.89. The summed E-state index contributed by atoms with van der Waals surface area (Å²) in [6.07, 6.45) is 4.80. The highest BCUT2D eigenvalue weighted by Gasteiger charge is 2.19. The molecular weight excluding hydrogens is 264 g/mol. The number of nitrogens with one attached hydrogen (secondary N) is 1. The zero-order valence-corrected chi connectivity index (χ0v) is 12.9. The van der Waals surface area contributed by atoms with Gasteiger partial charge in [0.2, 0.25) is 5.91 Å². The number of carbonyl (C=O) groups is 1. The summed E-state index contributed by atoms with van der Waals surface area (Å²) in [7, 11) is 0. The first-order valence-electron chi connectivity index (χ1n) is 5.00. The van der Waals surface area contributed by atoms with Gasteiger partial charge in [-0.15, -0.1) is 12.4 Å². The molecule has 0 spiro atoms. The van der Waals surface area contributed by atoms with Crippen LogP contribution in [0.25, 0.3) is 0 Å². The van der Waals surface area contributed by atoms with Crippen LogP contribution in [0.3, 0.4) is 0 Å². The van der Waals surface area contributed by atoms with Crippen LogP contribution in [-0.4, -0.2) is 41.5 Å². The summed E-state index contributed by atoms with van der Waals surface area (Å²) in [6.45, 7) is 4.87. The average molecular weight is 287 g/mol. The lowest BCUT2D eigenvalue weighted by Crippen LogP contribution is -2.45. The topological polar surface area (TPSA) is 55.1 Å². The fourth-order valence-electron chi connectivity index (χ4n) is 0.879. The van der Waals surface area contributed by atoms with E-state index in [1.54, 1.807) is 23.5 Å². The van der Waals surface area contributed by atoms with Gasteiger partial charge in [0.1, 0.15) is 0 Å². The van der Waals surface area contributed by atoms with Crippen LogP contribution >= 0.6 is 35.9 Å². The highest BCUT2D eigenvalue weighted by molar-refractivity contribution is 8.00. The molecule has 0 rings (SSSR count). The molecule has 0 saturated heterocycles. The second-order valence-electron chi connectivity index (χ2n) is 4.07. The van der Waals surface area contributed by atoms with E-state index < -0.39 is 0 Å². The van der Waals surface area contributed by atoms with E-state index in [-0.39, 0.29) is 29.1 Å². The molecule has 0 aliphatic rings. The number of carbonyl (C=O) groups excluding carboxylic acids is 1. The number of amides is 1. The van der Waals surface area contributed by atoms with Crippen LogP contribution in [-0.2, 0) is 4.79 Å². The van der Waals surface area contributed by atoms with Crippen LogP contribution < -0.4 is 11.1 Å². The maximum absolute atomic E-state index is 11.6. The maximum Gasteiger partial charge on any atom is 0.236 e. The number of halogens is 1. The van der Waals surface area contributed by atoms with Gasteiger partial charge in [0.05, 0.1) is 6.04 Å². The minimum Gasteiger partial charge on any atom is -0.353 e. The molecule has 0 aromatic heterocycles. The fraction of sp³-hybridized carbons (Fsp3) is 0.900. The molecule has 0 aromatic carbocycles. The van der Waals surface area contributed by atoms with Gasteiger partial charge >= 0.3 is 0 Å². The van der Waals surface area contributed by atoms with Crippen LogP contribution in [0.2, 0.25) is 0 Å². The van der Waals surface area contributed by atoms with Crippen molar-refractivity contribution in [2.45, 2.75) is 31.1 Å². The molecule has 1 amide bonds. The average Bonchev–Trinajstić information content (AvgIpc) is 2.22. The summed E-state index contributed by atoms with van der Waals surface area (Å²) >= 11 is 3.45. The molecule has 0 aliphatic heterocycles. The van der Waals surface area contributed by atoms with E-state index in [0.29, 0.717) is 6.54 Å². The van der Waals surface area contributed by atoms with Gasteiger partial charge in [-0.1, -0.05) is 0 Å². The Kier molecular flexibility index (Phi) is 11.1. The van der Waals surface area contributed by atoms with Crippen LogP contribution in [0, 0.1) is 0 Å². The van der Waals surface area contributed by atoms with Crippen molar-refractivity contribution in [1.29, 1.82) is 0 Å². The highest BCUT2D eigenvalue weighted by atomic mass is 35.5. The van der Waals surface area contributed by atoms with Crippen molar-refractivity contribution in [3.05, 3.63) is 0 Å². The Bertz CT molecular complexity index is 203. The van der Waals surface area contributed by atoms with Crippen LogP contribution in [0.1, 0.15) is 20.3 Å². The Morgan fingerprint density at radius 3 is 2.44 bits per heavy atom. The second-order valence-corrected chi connectivity index (χ2v) is 6.57. The van der Waals surface area contributed by atoms with Crippen LogP contribution in [0.5, 0.6) is 0 Å². The van der Waals surface area contributed by atoms with Gasteiger partial charge in [-0.25, -0.2) is 0 Å². The first-order valence-corrected chi connectivity index (χ1v) is 7.62. The van der Waals surface area contributed by atoms with Gasteiger partial charge in [0.15, 0.2) is 0 Å². The molecule has 0 unspecified atom stereocenters. The number of hydrogen-bond donors (Lipinski definition) is 2. The van der Waals surface area contributed by atoms with E-state index in [9.17, 15) is 4.79 Å². The first kappa shape index (κ1) is 18.8. The summed E-state index contributed by atoms with van der Waals surface area (Å²) in [4.78, 5) is 11.6. The predicted octanol–water partition coefficient (Wildman–Crippen LogP) is 1.75. The van der Waals surface area contributed by atoms with Crippen molar-refractivity contribution >= 4 is 41.8 Å². The standard InChI is InChI=1S/C10H22N2OS2.ClH/c1-10(2,15-4)7-12-9(13)8(11)5-6-14-3;/h8H,5-7,11H2,1-4H3,(H,12,13);1H/t8-;/m0./s1. The Balaban J connectivity index is 0. The summed E-state index contributed by atoms with van der Waals surface area (Å²) in [5.41, 5.74) is 5.74. The number of thioether (sulfide) groups is 2. The van der Waals surface area contributed by atoms with Gasteiger partial charge in [-0.2, -0.15) is 23.5 Å². The molecule has 16 heavy (non-hydrogen) atoms. The largest absolute Gasteiger partial charge is 0.353 e. The normalized spacial score (nSPS) is 12.8. The van der Waals surface area contributed by atoms with Gasteiger partial charge < -0.3 is 11.1 Å². The zero-order chi connectivity index (χ0) is 11.9. The van der Waals surface area contributed by atoms with Gasteiger partial charge in [0.25, 0.3) is 0 Å². The molecule has 0 fully saturated rings. The first-order chi connectivity index (χ1) is 6.93. The molecular formula is C10H23ClN2OS2. The third kappa shape index (κ3) is 8.56. The van der Waals surface area contributed by atoms with Crippen molar-refractivity contribution < 1.29 is 4.79 Å². The van der Waals surface area contributed by atoms with Gasteiger partial charge in [-0.3, -0.25) is 4.79 Å². The lowest BCUT2D eigenvalue weighted by atomic mass is 10.2. The van der Waals surface area contributed by atoms with Crippen LogP contribution in [0.15, 0.2) is 0 Å². The summed E-state index contributed by atoms with van der Waals surface area (Å²) < 4.78 is 0.0783. The van der Waals surface area contributed by atoms with Crippen molar-refractivity contribution in [2.75, 3.05) is 24.8 Å². The monoisotopic (exact) mass is 286 g/mol. The Labute approximate surface area is 113 Å². The summed E-state index contributed by atoms with van der Waals surface area (Å²) in [6, 6.07) is -0.366. The van der Waals surface area contributed by atoms with E-state index in [0.717, 1.165) is 12.2 Å². The highest BCUT2D eigenvalue weighted by Crippen LogP contribution is 2.19. The second kappa shape index (κ2) is 9.45. The lowest BCUT2D eigenvalue weighted by molar-refractivity contribution is -0.122. The van der Waals surface area contributed by atoms with Gasteiger partial charge in [0, 0.05) is 11.3 Å². The van der Waals surface area contributed by atoms with Crippen molar-refractivity contribution in [1.82, 2.24) is 5.32 Å². The molecule has 3 nitrogen and oxygen atoms in total. The minimum absolute atomic E-state index is 0. The number of nitrogens with two attached hydrogens (primary N) is 1. The SMILES string of the molecule is CSCC[C@H](N)C(=O)NCC(C)(C)SC.Cl. The van der Waals surface area contributed by atoms with E-state index in [4.69, 9.17) is 5.73 Å². The van der Waals surface area contributed by atoms with E-state index in [1.165, 1.54) is 0 Å². The molecule has 0 aliphatic carbocycles. The molecule has 0 heterocycles. The van der Waals surface area contributed by atoms with Crippen molar-refractivity contribution in [2.24, 2.45) is 5.73 Å². The van der Waals surface area contributed by atoms with Crippen molar-refractivity contribution in [3.8, 4) is 0 Å². The number of rotatable bonds is 7. The third-order valence-corrected chi connectivity index (χ3v) is 4.10. The minimum atomic E-state index is -0.366. The van der Waals surface area contributed by atoms with E-state index >= 15 is 0 Å². The molecule has 1 atom stereocenters. The van der Waals surface area contributed by atoms with Gasteiger partial charge in [-0.05, 0) is 38.5 Å². The molecule has 0 bridgehead atoms. The quantitative estimate of drug-likeness (QED) is 0.749. The van der Waals surface area contributed by atoms with Crippen molar-refractivity contribution in [3.63, 3.8) is 0 Å². The van der Waals surface area contributed by atoms with E-state index in [1.807, 2.05) is 12.5 Å². The fourth-order valence-corrected chi connectivity index (χ4v) is 1.59. The number of hydrogen-bond acceptors (Lipinski definition) is 4.